The van der Waals surface area contributed by atoms with Crippen molar-refractivity contribution in [2.24, 2.45) is 0 Å². The molecule has 0 aliphatic carbocycles. The van der Waals surface area contributed by atoms with Crippen LogP contribution in [0, 0.1) is 0 Å². The lowest BCUT2D eigenvalue weighted by Crippen LogP contribution is -2.08. The number of Topliss-reactive ketones (excluding diaryl/α,β-unsaturated/α-hetero) is 1. The van der Waals surface area contributed by atoms with Crippen molar-refractivity contribution >= 4 is 29.0 Å². The molecule has 0 aliphatic rings. The van der Waals surface area contributed by atoms with Gasteiger partial charge in [-0.05, 0) is 0 Å². The molecular formula is C10H10N4O3S. The van der Waals surface area contributed by atoms with E-state index in [1.54, 1.807) is 22.3 Å². The highest BCUT2D eigenvalue weighted by Gasteiger charge is 2.08. The number of nitrogens with zero attached hydrogens (tertiary/aromatic N) is 3. The molecule has 0 aromatic carbocycles. The van der Waals surface area contributed by atoms with Crippen LogP contribution in [0.5, 0.6) is 0 Å². The van der Waals surface area contributed by atoms with Crippen molar-refractivity contribution in [2.45, 2.75) is 13.5 Å². The molecule has 18 heavy (non-hydrogen) atoms. The highest BCUT2D eigenvalue weighted by molar-refractivity contribution is 7.09. The average molecular weight is 266 g/mol. The second-order valence-corrected chi connectivity index (χ2v) is 4.45. The average Bonchev–Trinajstić information content (AvgIpc) is 2.88. The van der Waals surface area contributed by atoms with E-state index in [0.717, 1.165) is 5.01 Å². The van der Waals surface area contributed by atoms with Crippen LogP contribution in [0.25, 0.3) is 0 Å². The van der Waals surface area contributed by atoms with Gasteiger partial charge in [-0.1, -0.05) is 0 Å². The van der Waals surface area contributed by atoms with E-state index >= 15 is 0 Å². The first-order valence-corrected chi connectivity index (χ1v) is 5.91. The maximum absolute atomic E-state index is 11.1. The molecule has 7 nitrogen and oxygen atoms in total. The van der Waals surface area contributed by atoms with Crippen molar-refractivity contribution in [2.75, 3.05) is 5.32 Å². The van der Waals surface area contributed by atoms with Crippen molar-refractivity contribution in [3.8, 4) is 0 Å². The molecule has 94 valence electrons. The number of rotatable bonds is 4. The van der Waals surface area contributed by atoms with Gasteiger partial charge in [-0.2, -0.15) is 5.10 Å². The fourth-order valence-corrected chi connectivity index (χ4v) is 2.13. The van der Waals surface area contributed by atoms with Crippen LogP contribution in [0.15, 0.2) is 17.6 Å². The van der Waals surface area contributed by atoms with Gasteiger partial charge in [0.15, 0.2) is 11.6 Å². The summed E-state index contributed by atoms with van der Waals surface area (Å²) in [7, 11) is 0. The largest absolute Gasteiger partial charge is 0.465 e. The number of amides is 1. The molecule has 0 radical (unpaired) electrons. The molecule has 1 amide bonds. The predicted octanol–water partition coefficient (Wildman–Crippen LogP) is 1.68. The predicted molar refractivity (Wildman–Crippen MR) is 65.1 cm³/mol. The molecule has 0 atom stereocenters. The molecule has 8 heteroatoms. The third-order valence-electron chi connectivity index (χ3n) is 2.09. The minimum Gasteiger partial charge on any atom is -0.465 e. The van der Waals surface area contributed by atoms with E-state index in [0.29, 0.717) is 12.2 Å². The van der Waals surface area contributed by atoms with Gasteiger partial charge < -0.3 is 5.11 Å². The summed E-state index contributed by atoms with van der Waals surface area (Å²) >= 11 is 1.37. The molecule has 2 aromatic rings. The van der Waals surface area contributed by atoms with Gasteiger partial charge in [0.1, 0.15) is 10.7 Å². The number of anilines is 1. The van der Waals surface area contributed by atoms with Gasteiger partial charge in [0.05, 0.1) is 6.54 Å². The van der Waals surface area contributed by atoms with Gasteiger partial charge in [-0.3, -0.25) is 14.8 Å². The number of ketones is 1. The zero-order valence-corrected chi connectivity index (χ0v) is 10.3. The Balaban J connectivity index is 2.06. The summed E-state index contributed by atoms with van der Waals surface area (Å²) in [6, 6.07) is 1.55. The van der Waals surface area contributed by atoms with Gasteiger partial charge in [-0.25, -0.2) is 9.78 Å². The maximum Gasteiger partial charge on any atom is 0.410 e. The second-order valence-electron chi connectivity index (χ2n) is 3.51. The molecule has 0 unspecified atom stereocenters. The van der Waals surface area contributed by atoms with E-state index in [-0.39, 0.29) is 11.6 Å². The van der Waals surface area contributed by atoms with Crippen molar-refractivity contribution in [3.63, 3.8) is 0 Å². The highest BCUT2D eigenvalue weighted by Crippen LogP contribution is 2.12. The molecular weight excluding hydrogens is 256 g/mol. The highest BCUT2D eigenvalue weighted by atomic mass is 32.1. The van der Waals surface area contributed by atoms with E-state index in [9.17, 15) is 9.59 Å². The van der Waals surface area contributed by atoms with Crippen molar-refractivity contribution in [1.29, 1.82) is 0 Å². The van der Waals surface area contributed by atoms with Gasteiger partial charge in [0.2, 0.25) is 0 Å². The Morgan fingerprint density at radius 3 is 2.94 bits per heavy atom. The van der Waals surface area contributed by atoms with E-state index in [1.807, 2.05) is 0 Å². The summed E-state index contributed by atoms with van der Waals surface area (Å²) in [4.78, 5) is 25.6. The van der Waals surface area contributed by atoms with Crippen LogP contribution >= 0.6 is 11.3 Å². The van der Waals surface area contributed by atoms with Crippen LogP contribution < -0.4 is 5.32 Å². The summed E-state index contributed by atoms with van der Waals surface area (Å²) in [5.41, 5.74) is 0.436. The molecule has 0 spiro atoms. The van der Waals surface area contributed by atoms with Crippen LogP contribution in [0.2, 0.25) is 0 Å². The van der Waals surface area contributed by atoms with E-state index in [1.165, 1.54) is 18.3 Å². The van der Waals surface area contributed by atoms with Crippen molar-refractivity contribution in [1.82, 2.24) is 14.8 Å². The minimum atomic E-state index is -1.16. The van der Waals surface area contributed by atoms with E-state index in [2.05, 4.69) is 15.4 Å². The number of nitrogens with one attached hydrogen (secondary N) is 1. The molecule has 2 N–H and O–H groups in total. The van der Waals surface area contributed by atoms with Crippen LogP contribution in [0.3, 0.4) is 0 Å². The Kier molecular flexibility index (Phi) is 3.38. The number of hydrogen-bond acceptors (Lipinski definition) is 5. The first-order valence-electron chi connectivity index (χ1n) is 5.03. The lowest BCUT2D eigenvalue weighted by molar-refractivity contribution is 0.101. The first-order chi connectivity index (χ1) is 8.54. The van der Waals surface area contributed by atoms with E-state index in [4.69, 9.17) is 5.11 Å². The Morgan fingerprint density at radius 2 is 2.33 bits per heavy atom. The van der Waals surface area contributed by atoms with E-state index < -0.39 is 6.09 Å². The fourth-order valence-electron chi connectivity index (χ4n) is 1.31. The third kappa shape index (κ3) is 2.92. The number of carboxylic acid groups (broad SMARTS) is 1. The smallest absolute Gasteiger partial charge is 0.410 e. The number of carbonyl (C=O) groups is 2. The van der Waals surface area contributed by atoms with Crippen LogP contribution in [-0.2, 0) is 6.54 Å². The van der Waals surface area contributed by atoms with Gasteiger partial charge in [0, 0.05) is 24.6 Å². The Bertz CT molecular complexity index is 589. The molecule has 0 saturated carbocycles. The normalized spacial score (nSPS) is 10.3. The fraction of sp³-hybridized carbons (Fsp3) is 0.200. The summed E-state index contributed by atoms with van der Waals surface area (Å²) in [6.07, 6.45) is 0.480. The zero-order chi connectivity index (χ0) is 13.1. The van der Waals surface area contributed by atoms with Gasteiger partial charge in [-0.15, -0.1) is 11.3 Å². The lowest BCUT2D eigenvalue weighted by Gasteiger charge is -1.97. The van der Waals surface area contributed by atoms with Crippen LogP contribution in [0.4, 0.5) is 10.6 Å². The Labute approximate surface area is 106 Å². The molecule has 0 saturated heterocycles. The summed E-state index contributed by atoms with van der Waals surface area (Å²) < 4.78 is 1.55. The zero-order valence-electron chi connectivity index (χ0n) is 9.45. The van der Waals surface area contributed by atoms with Crippen molar-refractivity contribution < 1.29 is 14.7 Å². The molecule has 0 aliphatic heterocycles. The summed E-state index contributed by atoms with van der Waals surface area (Å²) in [5.74, 6) is 0.178. The quantitative estimate of drug-likeness (QED) is 0.820. The summed E-state index contributed by atoms with van der Waals surface area (Å²) in [5, 5.41) is 17.1. The number of thiazole rings is 1. The molecule has 2 heterocycles. The van der Waals surface area contributed by atoms with Crippen molar-refractivity contribution in [3.05, 3.63) is 28.3 Å². The monoisotopic (exact) mass is 266 g/mol. The number of carbonyl (C=O) groups excluding carboxylic acids is 1. The Morgan fingerprint density at radius 1 is 1.56 bits per heavy atom. The lowest BCUT2D eigenvalue weighted by atomic mass is 10.4. The molecule has 0 fully saturated rings. The number of aromatic nitrogens is 3. The van der Waals surface area contributed by atoms with Gasteiger partial charge >= 0.3 is 6.09 Å². The Hall–Kier alpha value is -2.22. The van der Waals surface area contributed by atoms with Crippen LogP contribution in [0.1, 0.15) is 22.4 Å². The first kappa shape index (κ1) is 12.2. The topological polar surface area (TPSA) is 97.1 Å². The number of hydrogen-bond donors (Lipinski definition) is 2. The standard InChI is InChI=1S/C10H10N4O3S/c1-6(15)7-5-18-9(11-7)4-14-3-2-8(13-14)12-10(16)17/h2-3,5H,4H2,1H3,(H,12,13)(H,16,17). The summed E-state index contributed by atoms with van der Waals surface area (Å²) in [6.45, 7) is 1.86. The molecule has 2 aromatic heterocycles. The molecule has 2 rings (SSSR count). The maximum atomic E-state index is 11.1. The minimum absolute atomic E-state index is 0.0776. The molecule has 0 bridgehead atoms. The third-order valence-corrected chi connectivity index (χ3v) is 2.92. The van der Waals surface area contributed by atoms with Crippen LogP contribution in [-0.4, -0.2) is 31.7 Å². The second kappa shape index (κ2) is 4.96. The van der Waals surface area contributed by atoms with Gasteiger partial charge in [0.25, 0.3) is 0 Å². The SMILES string of the molecule is CC(=O)c1csc(Cn2ccc(NC(=O)O)n2)n1.